The van der Waals surface area contributed by atoms with Crippen molar-refractivity contribution in [3.8, 4) is 0 Å². The molecule has 0 radical (unpaired) electrons. The van der Waals surface area contributed by atoms with Crippen LogP contribution in [-0.4, -0.2) is 31.8 Å². The maximum absolute atomic E-state index is 13.6. The Morgan fingerprint density at radius 3 is 2.39 bits per heavy atom. The monoisotopic (exact) mass is 664 g/mol. The zero-order valence-electron chi connectivity index (χ0n) is 19.0. The second-order valence-corrected chi connectivity index (χ2v) is 12.0. The molecule has 4 nitrogen and oxygen atoms in total. The highest BCUT2D eigenvalue weighted by Gasteiger charge is 2.53. The Kier molecular flexibility index (Phi) is 11.6. The molecule has 2 aliphatic heterocycles. The lowest BCUT2D eigenvalue weighted by Gasteiger charge is -2.30. The fraction of sp³-hybridized carbons (Fsp3) is 0.520. The predicted octanol–water partition coefficient (Wildman–Crippen LogP) is 6.16. The minimum absolute atomic E-state index is 0. The fourth-order valence-corrected chi connectivity index (χ4v) is 7.73. The predicted molar refractivity (Wildman–Crippen MR) is 151 cm³/mol. The van der Waals surface area contributed by atoms with E-state index in [1.54, 1.807) is 0 Å². The van der Waals surface area contributed by atoms with Gasteiger partial charge in [0.2, 0.25) is 0 Å². The highest BCUT2D eigenvalue weighted by molar-refractivity contribution is 9.10. The summed E-state index contributed by atoms with van der Waals surface area (Å²) >= 11 is 3.52. The number of benzene rings is 2. The van der Waals surface area contributed by atoms with Gasteiger partial charge in [-0.15, -0.1) is 34.0 Å². The van der Waals surface area contributed by atoms with Crippen LogP contribution >= 0.6 is 49.9 Å². The number of fused-ring (bicyclic) bond motifs is 2. The van der Waals surface area contributed by atoms with Gasteiger partial charge in [0, 0.05) is 29.1 Å². The summed E-state index contributed by atoms with van der Waals surface area (Å²) < 4.78 is 28.3. The van der Waals surface area contributed by atoms with E-state index in [-0.39, 0.29) is 52.1 Å². The lowest BCUT2D eigenvalue weighted by molar-refractivity contribution is 0.409. The van der Waals surface area contributed by atoms with Crippen molar-refractivity contribution in [3.05, 3.63) is 64.1 Å². The Morgan fingerprint density at radius 2 is 1.70 bits per heavy atom. The van der Waals surface area contributed by atoms with Gasteiger partial charge in [-0.3, -0.25) is 0 Å². The van der Waals surface area contributed by atoms with Gasteiger partial charge in [0.1, 0.15) is 0 Å². The van der Waals surface area contributed by atoms with Gasteiger partial charge in [-0.05, 0) is 61.1 Å². The maximum Gasteiger partial charge on any atom is 0.184 e. The van der Waals surface area contributed by atoms with E-state index in [0.29, 0.717) is 11.4 Å². The quantitative estimate of drug-likeness (QED) is 0.298. The molecule has 2 N–H and O–H groups in total. The van der Waals surface area contributed by atoms with E-state index in [9.17, 15) is 8.42 Å². The highest BCUT2D eigenvalue weighted by atomic mass is 79.9. The van der Waals surface area contributed by atoms with Crippen molar-refractivity contribution >= 4 is 59.7 Å². The summed E-state index contributed by atoms with van der Waals surface area (Å²) in [7, 11) is -3.41. The minimum Gasteiger partial charge on any atom is -0.308 e. The summed E-state index contributed by atoms with van der Waals surface area (Å²) in [5.41, 5.74) is 2.38. The molecule has 0 aliphatic carbocycles. The second kappa shape index (κ2) is 13.2. The summed E-state index contributed by atoms with van der Waals surface area (Å²) in [6, 6.07) is 16.0. The molecular formula is C25H35Br3N2O2S. The molecule has 0 amide bonds. The molecule has 4 rings (SSSR count). The first-order chi connectivity index (χ1) is 15.0. The SMILES string of the molecule is Br.Br.CCCCCCc1ccc(S(=O)(=O)[C@H]2[C@H](NCc3cccc(Br)c3)[C@H]3CC[C@@H]2N3)cc1. The van der Waals surface area contributed by atoms with Crippen LogP contribution in [-0.2, 0) is 22.8 Å². The molecular weight excluding hydrogens is 632 g/mol. The standard InChI is InChI=1S/C25H33BrN2O2S.2BrH/c1-2-3-4-5-7-18-10-12-21(13-11-18)31(29,30)25-23-15-14-22(28-23)24(25)27-17-19-8-6-9-20(26)16-19;;/h6,8-13,16,22-25,27-28H,2-5,7,14-15,17H2,1H3;2*1H/t22-,23+,24-,25-;;/m1../s1. The molecule has 2 bridgehead atoms. The largest absolute Gasteiger partial charge is 0.308 e. The number of sulfone groups is 1. The van der Waals surface area contributed by atoms with Crippen LogP contribution in [0.25, 0.3) is 0 Å². The van der Waals surface area contributed by atoms with Crippen LogP contribution in [0.5, 0.6) is 0 Å². The van der Waals surface area contributed by atoms with Crippen LogP contribution in [0.3, 0.4) is 0 Å². The number of rotatable bonds is 10. The smallest absolute Gasteiger partial charge is 0.184 e. The van der Waals surface area contributed by atoms with Crippen molar-refractivity contribution in [2.24, 2.45) is 0 Å². The Hall–Kier alpha value is -0.250. The van der Waals surface area contributed by atoms with E-state index in [1.165, 1.54) is 24.8 Å². The van der Waals surface area contributed by atoms with E-state index in [2.05, 4.69) is 45.6 Å². The van der Waals surface area contributed by atoms with Crippen molar-refractivity contribution in [2.75, 3.05) is 0 Å². The molecule has 2 aromatic carbocycles. The van der Waals surface area contributed by atoms with Gasteiger partial charge in [-0.2, -0.15) is 0 Å². The average molecular weight is 667 g/mol. The number of aryl methyl sites for hydroxylation is 1. The molecule has 2 aromatic rings. The molecule has 4 atom stereocenters. The van der Waals surface area contributed by atoms with Crippen LogP contribution < -0.4 is 10.6 Å². The zero-order valence-corrected chi connectivity index (χ0v) is 24.8. The van der Waals surface area contributed by atoms with Crippen LogP contribution in [0.2, 0.25) is 0 Å². The van der Waals surface area contributed by atoms with E-state index in [1.807, 2.05) is 36.4 Å². The van der Waals surface area contributed by atoms with Crippen molar-refractivity contribution in [3.63, 3.8) is 0 Å². The summed E-state index contributed by atoms with van der Waals surface area (Å²) in [4.78, 5) is 0.457. The van der Waals surface area contributed by atoms with Gasteiger partial charge in [0.05, 0.1) is 10.1 Å². The third-order valence-corrected chi connectivity index (χ3v) is 9.52. The Labute approximate surface area is 228 Å². The lowest BCUT2D eigenvalue weighted by atomic mass is 9.94. The molecule has 0 unspecified atom stereocenters. The van der Waals surface area contributed by atoms with Crippen molar-refractivity contribution < 1.29 is 8.42 Å². The van der Waals surface area contributed by atoms with Crippen LogP contribution in [0.15, 0.2) is 57.9 Å². The van der Waals surface area contributed by atoms with Crippen molar-refractivity contribution in [1.29, 1.82) is 0 Å². The first kappa shape index (κ1) is 29.0. The van der Waals surface area contributed by atoms with Gasteiger partial charge in [0.15, 0.2) is 9.84 Å². The molecule has 0 saturated carbocycles. The Morgan fingerprint density at radius 1 is 0.970 bits per heavy atom. The molecule has 2 saturated heterocycles. The van der Waals surface area contributed by atoms with E-state index in [4.69, 9.17) is 0 Å². The molecule has 33 heavy (non-hydrogen) atoms. The van der Waals surface area contributed by atoms with Gasteiger partial charge in [0.25, 0.3) is 0 Å². The summed E-state index contributed by atoms with van der Waals surface area (Å²) in [5, 5.41) is 6.70. The van der Waals surface area contributed by atoms with Crippen molar-refractivity contribution in [1.82, 2.24) is 10.6 Å². The second-order valence-electron chi connectivity index (χ2n) is 8.96. The number of unbranched alkanes of at least 4 members (excludes halogenated alkanes) is 3. The van der Waals surface area contributed by atoms with E-state index < -0.39 is 15.1 Å². The van der Waals surface area contributed by atoms with Gasteiger partial charge < -0.3 is 10.6 Å². The van der Waals surface area contributed by atoms with Crippen LogP contribution in [0.1, 0.15) is 56.6 Å². The van der Waals surface area contributed by atoms with E-state index in [0.717, 1.165) is 35.7 Å². The van der Waals surface area contributed by atoms with Crippen LogP contribution in [0, 0.1) is 0 Å². The van der Waals surface area contributed by atoms with Crippen molar-refractivity contribution in [2.45, 2.75) is 86.7 Å². The topological polar surface area (TPSA) is 58.2 Å². The minimum atomic E-state index is -3.41. The Balaban J connectivity index is 0.00000193. The zero-order chi connectivity index (χ0) is 21.8. The number of hydrogen-bond donors (Lipinski definition) is 2. The fourth-order valence-electron chi connectivity index (χ4n) is 5.13. The maximum atomic E-state index is 13.6. The molecule has 2 aliphatic rings. The molecule has 0 aromatic heterocycles. The molecule has 184 valence electrons. The number of hydrogen-bond acceptors (Lipinski definition) is 4. The third-order valence-electron chi connectivity index (χ3n) is 6.76. The summed E-state index contributed by atoms with van der Waals surface area (Å²) in [5.74, 6) is 0. The summed E-state index contributed by atoms with van der Waals surface area (Å²) in [6.07, 6.45) is 7.87. The molecule has 2 fully saturated rings. The highest BCUT2D eigenvalue weighted by Crippen LogP contribution is 2.36. The lowest BCUT2D eigenvalue weighted by Crippen LogP contribution is -2.50. The molecule has 2 heterocycles. The summed E-state index contributed by atoms with van der Waals surface area (Å²) in [6.45, 7) is 2.88. The van der Waals surface area contributed by atoms with E-state index >= 15 is 0 Å². The van der Waals surface area contributed by atoms with Crippen LogP contribution in [0.4, 0.5) is 0 Å². The first-order valence-electron chi connectivity index (χ1n) is 11.6. The van der Waals surface area contributed by atoms with Gasteiger partial charge in [-0.1, -0.05) is 66.4 Å². The van der Waals surface area contributed by atoms with Gasteiger partial charge in [-0.25, -0.2) is 8.42 Å². The van der Waals surface area contributed by atoms with Gasteiger partial charge >= 0.3 is 0 Å². The number of nitrogens with one attached hydrogen (secondary N) is 2. The molecule has 8 heteroatoms. The normalized spacial score (nSPS) is 23.7. The molecule has 0 spiro atoms. The first-order valence-corrected chi connectivity index (χ1v) is 13.9. The number of halogens is 3. The third kappa shape index (κ3) is 6.91. The Bertz CT molecular complexity index is 985. The average Bonchev–Trinajstić information content (AvgIpc) is 3.38.